The molecule has 0 radical (unpaired) electrons. The van der Waals surface area contributed by atoms with E-state index in [1.54, 1.807) is 0 Å². The van der Waals surface area contributed by atoms with Gasteiger partial charge in [0.2, 0.25) is 0 Å². The van der Waals surface area contributed by atoms with Crippen LogP contribution in [-0.2, 0) is 13.6 Å². The summed E-state index contributed by atoms with van der Waals surface area (Å²) in [5.41, 5.74) is 3.79. The van der Waals surface area contributed by atoms with E-state index in [1.165, 1.54) is 35.0 Å². The third kappa shape index (κ3) is 3.29. The lowest BCUT2D eigenvalue weighted by Crippen LogP contribution is -2.38. The number of nitrogens with zero attached hydrogens (tertiary/aromatic N) is 3. The van der Waals surface area contributed by atoms with E-state index in [0.29, 0.717) is 6.04 Å². The SMILES string of the molecule is Cn1ncc2ccc(NC3CCN(Cc4ccccc4)CC3)cc21. The summed E-state index contributed by atoms with van der Waals surface area (Å²) in [4.78, 5) is 2.55. The minimum atomic E-state index is 0.558. The molecule has 1 N–H and O–H groups in total. The van der Waals surface area contributed by atoms with Gasteiger partial charge in [0.05, 0.1) is 11.7 Å². The normalized spacial score (nSPS) is 16.5. The molecule has 24 heavy (non-hydrogen) atoms. The Labute approximate surface area is 143 Å². The third-order valence-corrected chi connectivity index (χ3v) is 4.96. The van der Waals surface area contributed by atoms with Gasteiger partial charge in [0.15, 0.2) is 0 Å². The van der Waals surface area contributed by atoms with E-state index in [2.05, 4.69) is 63.8 Å². The fraction of sp³-hybridized carbons (Fsp3) is 0.350. The Bertz CT molecular complexity index is 801. The highest BCUT2D eigenvalue weighted by molar-refractivity contribution is 5.82. The number of piperidine rings is 1. The fourth-order valence-corrected chi connectivity index (χ4v) is 3.55. The van der Waals surface area contributed by atoms with E-state index in [-0.39, 0.29) is 0 Å². The summed E-state index contributed by atoms with van der Waals surface area (Å²) in [5.74, 6) is 0. The summed E-state index contributed by atoms with van der Waals surface area (Å²) >= 11 is 0. The number of hydrogen-bond acceptors (Lipinski definition) is 3. The number of fused-ring (bicyclic) bond motifs is 1. The van der Waals surface area contributed by atoms with Gasteiger partial charge in [0.1, 0.15) is 0 Å². The van der Waals surface area contributed by atoms with Gasteiger partial charge in [-0.2, -0.15) is 5.10 Å². The van der Waals surface area contributed by atoms with Crippen LogP contribution >= 0.6 is 0 Å². The molecule has 0 spiro atoms. The van der Waals surface area contributed by atoms with Crippen molar-refractivity contribution in [2.45, 2.75) is 25.4 Å². The first-order valence-electron chi connectivity index (χ1n) is 8.72. The zero-order chi connectivity index (χ0) is 16.4. The minimum absolute atomic E-state index is 0.558. The molecular formula is C20H24N4. The van der Waals surface area contributed by atoms with E-state index in [4.69, 9.17) is 0 Å². The first-order valence-corrected chi connectivity index (χ1v) is 8.72. The maximum atomic E-state index is 4.32. The van der Waals surface area contributed by atoms with Crippen molar-refractivity contribution in [1.82, 2.24) is 14.7 Å². The van der Waals surface area contributed by atoms with Crippen molar-refractivity contribution in [2.24, 2.45) is 7.05 Å². The van der Waals surface area contributed by atoms with E-state index in [0.717, 1.165) is 19.6 Å². The Morgan fingerprint density at radius 1 is 1.08 bits per heavy atom. The van der Waals surface area contributed by atoms with Crippen LogP contribution in [0.5, 0.6) is 0 Å². The molecule has 1 aliphatic rings. The molecule has 2 heterocycles. The van der Waals surface area contributed by atoms with E-state index in [9.17, 15) is 0 Å². The van der Waals surface area contributed by atoms with Crippen LogP contribution in [0.3, 0.4) is 0 Å². The van der Waals surface area contributed by atoms with Crippen LogP contribution in [0, 0.1) is 0 Å². The second-order valence-corrected chi connectivity index (χ2v) is 6.72. The van der Waals surface area contributed by atoms with E-state index >= 15 is 0 Å². The highest BCUT2D eigenvalue weighted by Crippen LogP contribution is 2.22. The van der Waals surface area contributed by atoms with Crippen molar-refractivity contribution in [2.75, 3.05) is 18.4 Å². The predicted molar refractivity (Wildman–Crippen MR) is 99.1 cm³/mol. The van der Waals surface area contributed by atoms with Crippen LogP contribution in [-0.4, -0.2) is 33.8 Å². The molecule has 0 aliphatic carbocycles. The Hall–Kier alpha value is -2.33. The first-order chi connectivity index (χ1) is 11.8. The van der Waals surface area contributed by atoms with Gasteiger partial charge in [0, 0.05) is 43.8 Å². The lowest BCUT2D eigenvalue weighted by molar-refractivity contribution is 0.211. The van der Waals surface area contributed by atoms with Crippen LogP contribution in [0.1, 0.15) is 18.4 Å². The number of aryl methyl sites for hydroxylation is 1. The average molecular weight is 320 g/mol. The lowest BCUT2D eigenvalue weighted by Gasteiger charge is -2.33. The number of anilines is 1. The molecule has 1 aliphatic heterocycles. The second kappa shape index (κ2) is 6.65. The predicted octanol–water partition coefficient (Wildman–Crippen LogP) is 3.65. The number of nitrogens with one attached hydrogen (secondary N) is 1. The lowest BCUT2D eigenvalue weighted by atomic mass is 10.0. The smallest absolute Gasteiger partial charge is 0.0699 e. The van der Waals surface area contributed by atoms with Crippen molar-refractivity contribution in [3.05, 3.63) is 60.3 Å². The highest BCUT2D eigenvalue weighted by atomic mass is 15.2. The van der Waals surface area contributed by atoms with Crippen LogP contribution < -0.4 is 5.32 Å². The summed E-state index contributed by atoms with van der Waals surface area (Å²) in [5, 5.41) is 9.22. The van der Waals surface area contributed by atoms with Gasteiger partial charge in [-0.1, -0.05) is 30.3 Å². The number of hydrogen-bond donors (Lipinski definition) is 1. The standard InChI is InChI=1S/C20H24N4/c1-23-20-13-19(8-7-17(20)14-21-23)22-18-9-11-24(12-10-18)15-16-5-3-2-4-6-16/h2-8,13-14,18,22H,9-12,15H2,1H3. The van der Waals surface area contributed by atoms with Crippen molar-refractivity contribution in [3.8, 4) is 0 Å². The molecule has 1 saturated heterocycles. The van der Waals surface area contributed by atoms with Crippen molar-refractivity contribution in [1.29, 1.82) is 0 Å². The number of rotatable bonds is 4. The molecular weight excluding hydrogens is 296 g/mol. The minimum Gasteiger partial charge on any atom is -0.382 e. The van der Waals surface area contributed by atoms with E-state index < -0.39 is 0 Å². The Morgan fingerprint density at radius 3 is 2.67 bits per heavy atom. The average Bonchev–Trinajstić information content (AvgIpc) is 2.98. The van der Waals surface area contributed by atoms with Crippen LogP contribution in [0.25, 0.3) is 10.9 Å². The number of aromatic nitrogens is 2. The van der Waals surface area contributed by atoms with E-state index in [1.807, 2.05) is 17.9 Å². The van der Waals surface area contributed by atoms with Gasteiger partial charge < -0.3 is 5.32 Å². The van der Waals surface area contributed by atoms with Crippen molar-refractivity contribution in [3.63, 3.8) is 0 Å². The summed E-state index contributed by atoms with van der Waals surface area (Å²) < 4.78 is 1.93. The quantitative estimate of drug-likeness (QED) is 0.796. The maximum Gasteiger partial charge on any atom is 0.0699 e. The molecule has 0 atom stereocenters. The van der Waals surface area contributed by atoms with Gasteiger partial charge in [-0.3, -0.25) is 9.58 Å². The molecule has 1 aromatic heterocycles. The molecule has 1 fully saturated rings. The number of benzene rings is 2. The summed E-state index contributed by atoms with van der Waals surface area (Å²) in [7, 11) is 1.99. The molecule has 0 unspecified atom stereocenters. The van der Waals surface area contributed by atoms with Gasteiger partial charge >= 0.3 is 0 Å². The molecule has 0 bridgehead atoms. The van der Waals surface area contributed by atoms with Crippen LogP contribution in [0.15, 0.2) is 54.7 Å². The molecule has 124 valence electrons. The van der Waals surface area contributed by atoms with Crippen molar-refractivity contribution < 1.29 is 0 Å². The number of likely N-dealkylation sites (tertiary alicyclic amines) is 1. The molecule has 4 heteroatoms. The molecule has 0 amide bonds. The Kier molecular flexibility index (Phi) is 4.22. The molecule has 3 aromatic rings. The van der Waals surface area contributed by atoms with Crippen LogP contribution in [0.4, 0.5) is 5.69 Å². The molecule has 2 aromatic carbocycles. The Morgan fingerprint density at radius 2 is 1.88 bits per heavy atom. The first kappa shape index (κ1) is 15.2. The van der Waals surface area contributed by atoms with Gasteiger partial charge in [-0.25, -0.2) is 0 Å². The zero-order valence-corrected chi connectivity index (χ0v) is 14.2. The summed E-state index contributed by atoms with van der Waals surface area (Å²) in [6, 6.07) is 17.8. The topological polar surface area (TPSA) is 33.1 Å². The Balaban J connectivity index is 1.34. The fourth-order valence-electron chi connectivity index (χ4n) is 3.55. The van der Waals surface area contributed by atoms with Gasteiger partial charge in [-0.05, 0) is 36.6 Å². The summed E-state index contributed by atoms with van der Waals surface area (Å²) in [6.07, 6.45) is 4.30. The molecule has 4 nitrogen and oxygen atoms in total. The largest absolute Gasteiger partial charge is 0.382 e. The van der Waals surface area contributed by atoms with Gasteiger partial charge in [-0.15, -0.1) is 0 Å². The maximum absolute atomic E-state index is 4.32. The third-order valence-electron chi connectivity index (χ3n) is 4.96. The monoisotopic (exact) mass is 320 g/mol. The highest BCUT2D eigenvalue weighted by Gasteiger charge is 2.19. The summed E-state index contributed by atoms with van der Waals surface area (Å²) in [6.45, 7) is 3.37. The zero-order valence-electron chi connectivity index (χ0n) is 14.2. The molecule has 0 saturated carbocycles. The van der Waals surface area contributed by atoms with Gasteiger partial charge in [0.25, 0.3) is 0 Å². The van der Waals surface area contributed by atoms with Crippen LogP contribution in [0.2, 0.25) is 0 Å². The second-order valence-electron chi connectivity index (χ2n) is 6.72. The van der Waals surface area contributed by atoms with Crippen molar-refractivity contribution >= 4 is 16.6 Å². The molecule has 4 rings (SSSR count).